The highest BCUT2D eigenvalue weighted by atomic mass is 19.1. The van der Waals surface area contributed by atoms with Crippen LogP contribution in [0.2, 0.25) is 0 Å². The molecule has 0 aliphatic carbocycles. The molecule has 0 heterocycles. The zero-order valence-corrected chi connectivity index (χ0v) is 10.5. The molecule has 0 fully saturated rings. The minimum atomic E-state index is -0.253. The van der Waals surface area contributed by atoms with E-state index < -0.39 is 0 Å². The summed E-state index contributed by atoms with van der Waals surface area (Å²) < 4.78 is 18.8. The zero-order chi connectivity index (χ0) is 13.1. The third-order valence-corrected chi connectivity index (χ3v) is 2.92. The Morgan fingerprint density at radius 2 is 1.94 bits per heavy atom. The largest absolute Gasteiger partial charge is 0.488 e. The topological polar surface area (TPSA) is 35.2 Å². The molecule has 18 heavy (non-hydrogen) atoms. The van der Waals surface area contributed by atoms with Gasteiger partial charge in [-0.2, -0.15) is 0 Å². The first-order valence-corrected chi connectivity index (χ1v) is 5.81. The molecule has 3 heteroatoms. The Hall–Kier alpha value is -2.03. The van der Waals surface area contributed by atoms with E-state index in [1.54, 1.807) is 6.07 Å². The van der Waals surface area contributed by atoms with Gasteiger partial charge in [0.05, 0.1) is 0 Å². The lowest BCUT2D eigenvalue weighted by Crippen LogP contribution is -2.01. The van der Waals surface area contributed by atoms with Crippen LogP contribution in [0.5, 0.6) is 5.75 Å². The van der Waals surface area contributed by atoms with Crippen LogP contribution in [0.15, 0.2) is 36.4 Å². The summed E-state index contributed by atoms with van der Waals surface area (Å²) in [5.74, 6) is 0.524. The van der Waals surface area contributed by atoms with Gasteiger partial charge in [0.1, 0.15) is 18.2 Å². The molecule has 0 radical (unpaired) electrons. The predicted octanol–water partition coefficient (Wildman–Crippen LogP) is 3.60. The molecule has 0 aromatic heterocycles. The molecule has 0 saturated heterocycles. The fourth-order valence-electron chi connectivity index (χ4n) is 1.85. The lowest BCUT2D eigenvalue weighted by Gasteiger charge is -2.13. The van der Waals surface area contributed by atoms with Gasteiger partial charge in [0.15, 0.2) is 0 Å². The van der Waals surface area contributed by atoms with Crippen LogP contribution in [0.1, 0.15) is 16.7 Å². The maximum absolute atomic E-state index is 13.0. The number of aryl methyl sites for hydroxylation is 1. The van der Waals surface area contributed by atoms with Gasteiger partial charge in [0, 0.05) is 11.3 Å². The Bertz CT molecular complexity index is 566. The van der Waals surface area contributed by atoms with Gasteiger partial charge in [0.25, 0.3) is 0 Å². The number of hydrogen-bond acceptors (Lipinski definition) is 2. The van der Waals surface area contributed by atoms with Crippen LogP contribution < -0.4 is 10.5 Å². The highest BCUT2D eigenvalue weighted by Gasteiger charge is 2.07. The van der Waals surface area contributed by atoms with Gasteiger partial charge in [-0.15, -0.1) is 0 Å². The Morgan fingerprint density at radius 3 is 2.67 bits per heavy atom. The summed E-state index contributed by atoms with van der Waals surface area (Å²) in [5, 5.41) is 0. The first-order valence-electron chi connectivity index (χ1n) is 5.81. The van der Waals surface area contributed by atoms with Gasteiger partial charge in [-0.25, -0.2) is 4.39 Å². The zero-order valence-electron chi connectivity index (χ0n) is 10.5. The third-order valence-electron chi connectivity index (χ3n) is 2.92. The molecule has 0 aliphatic rings. The van der Waals surface area contributed by atoms with Crippen molar-refractivity contribution in [3.63, 3.8) is 0 Å². The van der Waals surface area contributed by atoms with Crippen LogP contribution in [0.25, 0.3) is 0 Å². The van der Waals surface area contributed by atoms with Gasteiger partial charge in [-0.05, 0) is 43.2 Å². The minimum absolute atomic E-state index is 0.253. The highest BCUT2D eigenvalue weighted by Crippen LogP contribution is 2.28. The molecule has 0 saturated carbocycles. The van der Waals surface area contributed by atoms with Crippen molar-refractivity contribution in [3.05, 3.63) is 58.9 Å². The van der Waals surface area contributed by atoms with Crippen molar-refractivity contribution in [2.75, 3.05) is 5.73 Å². The molecule has 2 nitrogen and oxygen atoms in total. The molecule has 2 rings (SSSR count). The number of nitrogens with two attached hydrogens (primary N) is 1. The second-order valence-electron chi connectivity index (χ2n) is 4.34. The number of ether oxygens (including phenoxy) is 1. The van der Waals surface area contributed by atoms with Gasteiger partial charge >= 0.3 is 0 Å². The fraction of sp³-hybridized carbons (Fsp3) is 0.200. The number of anilines is 1. The van der Waals surface area contributed by atoms with E-state index in [-0.39, 0.29) is 5.82 Å². The summed E-state index contributed by atoms with van der Waals surface area (Å²) in [4.78, 5) is 0. The van der Waals surface area contributed by atoms with E-state index in [9.17, 15) is 4.39 Å². The molecule has 0 bridgehead atoms. The lowest BCUT2D eigenvalue weighted by molar-refractivity contribution is 0.301. The molecule has 0 aliphatic heterocycles. The van der Waals surface area contributed by atoms with Gasteiger partial charge in [-0.3, -0.25) is 0 Å². The van der Waals surface area contributed by atoms with E-state index in [0.29, 0.717) is 12.3 Å². The predicted molar refractivity (Wildman–Crippen MR) is 71.1 cm³/mol. The monoisotopic (exact) mass is 245 g/mol. The molecular weight excluding hydrogens is 229 g/mol. The van der Waals surface area contributed by atoms with Crippen LogP contribution in [-0.2, 0) is 6.61 Å². The molecule has 2 aromatic carbocycles. The van der Waals surface area contributed by atoms with E-state index in [1.165, 1.54) is 12.1 Å². The highest BCUT2D eigenvalue weighted by molar-refractivity contribution is 5.56. The first-order chi connectivity index (χ1) is 8.58. The van der Waals surface area contributed by atoms with Gasteiger partial charge < -0.3 is 10.5 Å². The molecule has 0 amide bonds. The van der Waals surface area contributed by atoms with E-state index >= 15 is 0 Å². The Kier molecular flexibility index (Phi) is 3.51. The fourth-order valence-corrected chi connectivity index (χ4v) is 1.85. The van der Waals surface area contributed by atoms with E-state index in [4.69, 9.17) is 10.5 Å². The average Bonchev–Trinajstić information content (AvgIpc) is 2.34. The van der Waals surface area contributed by atoms with Gasteiger partial charge in [0.2, 0.25) is 0 Å². The average molecular weight is 245 g/mol. The van der Waals surface area contributed by atoms with Crippen LogP contribution in [0, 0.1) is 19.7 Å². The van der Waals surface area contributed by atoms with Crippen LogP contribution in [0.4, 0.5) is 10.1 Å². The normalized spacial score (nSPS) is 10.4. The van der Waals surface area contributed by atoms with E-state index in [0.717, 1.165) is 22.4 Å². The summed E-state index contributed by atoms with van der Waals surface area (Å²) in [5.41, 5.74) is 9.30. The molecule has 2 aromatic rings. The summed E-state index contributed by atoms with van der Waals surface area (Å²) in [6, 6.07) is 10.2. The Morgan fingerprint density at radius 1 is 1.17 bits per heavy atom. The van der Waals surface area contributed by atoms with Crippen molar-refractivity contribution in [2.24, 2.45) is 0 Å². The standard InChI is InChI=1S/C15H16FNO/c1-10-6-7-14(17)11(2)15(10)18-9-12-4-3-5-13(16)8-12/h3-8H,9,17H2,1-2H3. The van der Waals surface area contributed by atoms with Crippen LogP contribution in [-0.4, -0.2) is 0 Å². The van der Waals surface area contributed by atoms with E-state index in [2.05, 4.69) is 0 Å². The maximum Gasteiger partial charge on any atom is 0.127 e. The number of nitrogen functional groups attached to an aromatic ring is 1. The maximum atomic E-state index is 13.0. The summed E-state index contributed by atoms with van der Waals surface area (Å²) in [6.45, 7) is 4.22. The van der Waals surface area contributed by atoms with Crippen molar-refractivity contribution >= 4 is 5.69 Å². The lowest BCUT2D eigenvalue weighted by atomic mass is 10.1. The van der Waals surface area contributed by atoms with Gasteiger partial charge in [-0.1, -0.05) is 18.2 Å². The minimum Gasteiger partial charge on any atom is -0.488 e. The number of rotatable bonds is 3. The number of benzene rings is 2. The Labute approximate surface area is 106 Å². The first kappa shape index (κ1) is 12.4. The van der Waals surface area contributed by atoms with Crippen molar-refractivity contribution in [3.8, 4) is 5.75 Å². The quantitative estimate of drug-likeness (QED) is 0.838. The molecular formula is C15H16FNO. The summed E-state index contributed by atoms with van der Waals surface area (Å²) in [7, 11) is 0. The second kappa shape index (κ2) is 5.08. The van der Waals surface area contributed by atoms with Crippen molar-refractivity contribution in [2.45, 2.75) is 20.5 Å². The van der Waals surface area contributed by atoms with E-state index in [1.807, 2.05) is 32.0 Å². The summed E-state index contributed by atoms with van der Waals surface area (Å²) in [6.07, 6.45) is 0. The van der Waals surface area contributed by atoms with Crippen LogP contribution in [0.3, 0.4) is 0 Å². The molecule has 0 unspecified atom stereocenters. The van der Waals surface area contributed by atoms with Crippen LogP contribution >= 0.6 is 0 Å². The van der Waals surface area contributed by atoms with Crippen molar-refractivity contribution < 1.29 is 9.13 Å². The molecule has 0 atom stereocenters. The molecule has 0 spiro atoms. The summed E-state index contributed by atoms with van der Waals surface area (Å²) >= 11 is 0. The Balaban J connectivity index is 2.18. The second-order valence-corrected chi connectivity index (χ2v) is 4.34. The SMILES string of the molecule is Cc1ccc(N)c(C)c1OCc1cccc(F)c1. The third kappa shape index (κ3) is 2.62. The number of hydrogen-bond donors (Lipinski definition) is 1. The van der Waals surface area contributed by atoms with Crippen molar-refractivity contribution in [1.29, 1.82) is 0 Å². The smallest absolute Gasteiger partial charge is 0.127 e. The number of halogens is 1. The molecule has 2 N–H and O–H groups in total. The molecule has 94 valence electrons. The van der Waals surface area contributed by atoms with Crippen molar-refractivity contribution in [1.82, 2.24) is 0 Å².